The molecule has 0 aliphatic carbocycles. The highest BCUT2D eigenvalue weighted by atomic mass is 32.1. The number of hydrogen-bond acceptors (Lipinski definition) is 5. The van der Waals surface area contributed by atoms with Crippen LogP contribution in [-0.2, 0) is 9.59 Å². The van der Waals surface area contributed by atoms with Crippen LogP contribution in [0.1, 0.15) is 24.3 Å². The van der Waals surface area contributed by atoms with Crippen LogP contribution in [0.15, 0.2) is 35.8 Å². The lowest BCUT2D eigenvalue weighted by Crippen LogP contribution is -2.29. The van der Waals surface area contributed by atoms with Crippen molar-refractivity contribution in [2.24, 2.45) is 0 Å². The number of ether oxygens (including phenoxy) is 1. The fourth-order valence-corrected chi connectivity index (χ4v) is 2.77. The number of nitrogens with zero attached hydrogens (tertiary/aromatic N) is 1. The Bertz CT molecular complexity index is 643. The van der Waals surface area contributed by atoms with Gasteiger partial charge in [0.15, 0.2) is 0 Å². The first-order chi connectivity index (χ1) is 10.6. The van der Waals surface area contributed by atoms with Gasteiger partial charge in [0.25, 0.3) is 0 Å². The van der Waals surface area contributed by atoms with Crippen LogP contribution < -0.4 is 15.4 Å². The van der Waals surface area contributed by atoms with Gasteiger partial charge in [-0.05, 0) is 23.6 Å². The number of rotatable bonds is 6. The molecule has 0 aliphatic rings. The molecule has 2 aromatic rings. The maximum Gasteiger partial charge on any atom is 0.237 e. The van der Waals surface area contributed by atoms with E-state index in [1.807, 2.05) is 17.5 Å². The van der Waals surface area contributed by atoms with Crippen LogP contribution in [0, 0.1) is 0 Å². The first-order valence-electron chi connectivity index (χ1n) is 6.69. The van der Waals surface area contributed by atoms with Crippen molar-refractivity contribution in [1.82, 2.24) is 10.3 Å². The zero-order valence-corrected chi connectivity index (χ0v) is 13.1. The molecular formula is C15H17N3O3S. The first kappa shape index (κ1) is 16.0. The van der Waals surface area contributed by atoms with Gasteiger partial charge in [0.1, 0.15) is 5.69 Å². The van der Waals surface area contributed by atoms with Gasteiger partial charge in [-0.25, -0.2) is 4.98 Å². The lowest BCUT2D eigenvalue weighted by Gasteiger charge is -2.16. The van der Waals surface area contributed by atoms with E-state index < -0.39 is 0 Å². The molecular weight excluding hydrogens is 302 g/mol. The second kappa shape index (κ2) is 7.56. The topological polar surface area (TPSA) is 80.3 Å². The van der Waals surface area contributed by atoms with Gasteiger partial charge in [0.2, 0.25) is 17.7 Å². The van der Waals surface area contributed by atoms with Crippen molar-refractivity contribution < 1.29 is 14.3 Å². The molecule has 22 heavy (non-hydrogen) atoms. The number of thiophene rings is 1. The van der Waals surface area contributed by atoms with E-state index in [4.69, 9.17) is 4.74 Å². The first-order valence-corrected chi connectivity index (χ1v) is 7.57. The lowest BCUT2D eigenvalue weighted by molar-refractivity contribution is -0.120. The molecule has 116 valence electrons. The molecule has 7 heteroatoms. The minimum absolute atomic E-state index is 0.137. The van der Waals surface area contributed by atoms with Crippen LogP contribution in [0.4, 0.5) is 5.69 Å². The van der Waals surface area contributed by atoms with Crippen LogP contribution in [-0.4, -0.2) is 23.9 Å². The summed E-state index contributed by atoms with van der Waals surface area (Å²) in [6, 6.07) is 6.85. The summed E-state index contributed by atoms with van der Waals surface area (Å²) in [5, 5.41) is 7.45. The molecule has 0 radical (unpaired) electrons. The van der Waals surface area contributed by atoms with Crippen molar-refractivity contribution in [3.63, 3.8) is 0 Å². The number of aromatic nitrogens is 1. The van der Waals surface area contributed by atoms with E-state index >= 15 is 0 Å². The van der Waals surface area contributed by atoms with Crippen molar-refractivity contribution in [1.29, 1.82) is 0 Å². The summed E-state index contributed by atoms with van der Waals surface area (Å²) in [4.78, 5) is 28.5. The molecule has 0 saturated carbocycles. The Kier molecular flexibility index (Phi) is 5.48. The highest BCUT2D eigenvalue weighted by Gasteiger charge is 2.19. The maximum absolute atomic E-state index is 12.2. The summed E-state index contributed by atoms with van der Waals surface area (Å²) in [6.07, 6.45) is 1.72. The van der Waals surface area contributed by atoms with Gasteiger partial charge < -0.3 is 15.4 Å². The molecule has 0 spiro atoms. The molecule has 1 unspecified atom stereocenters. The Labute approximate surface area is 132 Å². The SMILES string of the molecule is COc1ncccc1NC(=O)CC(NC(C)=O)c1cccs1. The number of hydrogen-bond donors (Lipinski definition) is 2. The smallest absolute Gasteiger partial charge is 0.237 e. The standard InChI is InChI=1S/C15H17N3O3S/c1-10(19)17-12(13-6-4-8-22-13)9-14(20)18-11-5-3-7-16-15(11)21-2/h3-8,12H,9H2,1-2H3,(H,17,19)(H,18,20). The van der Waals surface area contributed by atoms with Crippen LogP contribution in [0.2, 0.25) is 0 Å². The molecule has 2 rings (SSSR count). The summed E-state index contributed by atoms with van der Waals surface area (Å²) in [5.41, 5.74) is 0.503. The van der Waals surface area contributed by atoms with Gasteiger partial charge in [-0.2, -0.15) is 0 Å². The summed E-state index contributed by atoms with van der Waals surface area (Å²) >= 11 is 1.50. The highest BCUT2D eigenvalue weighted by Crippen LogP contribution is 2.24. The third-order valence-corrected chi connectivity index (χ3v) is 3.88. The molecule has 2 N–H and O–H groups in total. The fraction of sp³-hybridized carbons (Fsp3) is 0.267. The number of pyridine rings is 1. The lowest BCUT2D eigenvalue weighted by atomic mass is 10.1. The monoisotopic (exact) mass is 319 g/mol. The zero-order valence-electron chi connectivity index (χ0n) is 12.3. The van der Waals surface area contributed by atoms with Gasteiger partial charge >= 0.3 is 0 Å². The van der Waals surface area contributed by atoms with E-state index in [-0.39, 0.29) is 24.3 Å². The predicted molar refractivity (Wildman–Crippen MR) is 84.9 cm³/mol. The van der Waals surface area contributed by atoms with E-state index in [1.54, 1.807) is 18.3 Å². The van der Waals surface area contributed by atoms with Gasteiger partial charge in [0, 0.05) is 18.0 Å². The fourth-order valence-electron chi connectivity index (χ4n) is 1.99. The molecule has 2 heterocycles. The number of carbonyl (C=O) groups excluding carboxylic acids is 2. The Morgan fingerprint density at radius 1 is 1.36 bits per heavy atom. The van der Waals surface area contributed by atoms with Crippen molar-refractivity contribution in [3.05, 3.63) is 40.7 Å². The van der Waals surface area contributed by atoms with E-state index in [1.165, 1.54) is 25.4 Å². The third kappa shape index (κ3) is 4.29. The van der Waals surface area contributed by atoms with Crippen molar-refractivity contribution in [2.75, 3.05) is 12.4 Å². The summed E-state index contributed by atoms with van der Waals surface area (Å²) in [7, 11) is 1.49. The average Bonchev–Trinajstić information content (AvgIpc) is 3.01. The quantitative estimate of drug-likeness (QED) is 0.856. The Balaban J connectivity index is 2.06. The molecule has 1 atom stereocenters. The van der Waals surface area contributed by atoms with E-state index in [0.29, 0.717) is 11.6 Å². The van der Waals surface area contributed by atoms with Gasteiger partial charge in [0.05, 0.1) is 19.6 Å². The number of nitrogens with one attached hydrogen (secondary N) is 2. The van der Waals surface area contributed by atoms with Gasteiger partial charge in [-0.3, -0.25) is 9.59 Å². The normalized spacial score (nSPS) is 11.5. The van der Waals surface area contributed by atoms with Crippen LogP contribution in [0.3, 0.4) is 0 Å². The van der Waals surface area contributed by atoms with E-state index in [9.17, 15) is 9.59 Å². The Hall–Kier alpha value is -2.41. The number of methoxy groups -OCH3 is 1. The molecule has 0 aromatic carbocycles. The Morgan fingerprint density at radius 3 is 2.82 bits per heavy atom. The predicted octanol–water partition coefficient (Wildman–Crippen LogP) is 2.36. The molecule has 2 amide bonds. The summed E-state index contributed by atoms with van der Waals surface area (Å²) in [5.74, 6) is -0.0494. The zero-order chi connectivity index (χ0) is 15.9. The summed E-state index contributed by atoms with van der Waals surface area (Å²) < 4.78 is 5.09. The molecule has 2 aromatic heterocycles. The molecule has 0 fully saturated rings. The van der Waals surface area contributed by atoms with Crippen molar-refractivity contribution >= 4 is 28.8 Å². The largest absolute Gasteiger partial charge is 0.480 e. The Morgan fingerprint density at radius 2 is 2.18 bits per heavy atom. The number of amides is 2. The highest BCUT2D eigenvalue weighted by molar-refractivity contribution is 7.10. The maximum atomic E-state index is 12.2. The summed E-state index contributed by atoms with van der Waals surface area (Å²) in [6.45, 7) is 1.43. The third-order valence-electron chi connectivity index (χ3n) is 2.89. The van der Waals surface area contributed by atoms with Crippen LogP contribution in [0.25, 0.3) is 0 Å². The number of anilines is 1. The van der Waals surface area contributed by atoms with Gasteiger partial charge in [-0.15, -0.1) is 11.3 Å². The van der Waals surface area contributed by atoms with Crippen LogP contribution in [0.5, 0.6) is 5.88 Å². The van der Waals surface area contributed by atoms with Crippen molar-refractivity contribution in [3.8, 4) is 5.88 Å². The second-order valence-electron chi connectivity index (χ2n) is 4.58. The minimum atomic E-state index is -0.347. The number of carbonyl (C=O) groups is 2. The molecule has 0 aliphatic heterocycles. The molecule has 0 saturated heterocycles. The second-order valence-corrected chi connectivity index (χ2v) is 5.56. The minimum Gasteiger partial charge on any atom is -0.480 e. The van der Waals surface area contributed by atoms with Crippen molar-refractivity contribution in [2.45, 2.75) is 19.4 Å². The van der Waals surface area contributed by atoms with E-state index in [2.05, 4.69) is 15.6 Å². The molecule has 0 bridgehead atoms. The molecule has 6 nitrogen and oxygen atoms in total. The average molecular weight is 319 g/mol. The van der Waals surface area contributed by atoms with Gasteiger partial charge in [-0.1, -0.05) is 6.07 Å². The van der Waals surface area contributed by atoms with Crippen LogP contribution >= 0.6 is 11.3 Å². The van der Waals surface area contributed by atoms with E-state index in [0.717, 1.165) is 4.88 Å².